The van der Waals surface area contributed by atoms with Crippen molar-refractivity contribution >= 4 is 44.9 Å². The third-order valence-electron chi connectivity index (χ3n) is 2.47. The molecular weight excluding hydrogens is 346 g/mol. The number of hydrogen-bond donors (Lipinski definition) is 1. The van der Waals surface area contributed by atoms with Crippen LogP contribution in [-0.2, 0) is 5.75 Å². The highest BCUT2D eigenvalue weighted by Crippen LogP contribution is 2.25. The van der Waals surface area contributed by atoms with E-state index in [9.17, 15) is 4.79 Å². The van der Waals surface area contributed by atoms with Crippen LogP contribution in [0, 0.1) is 6.92 Å². The van der Waals surface area contributed by atoms with Gasteiger partial charge in [0.1, 0.15) is 0 Å². The smallest absolute Gasteiger partial charge is 0.287 e. The molecule has 0 aliphatic rings. The summed E-state index contributed by atoms with van der Waals surface area (Å²) in [5, 5.41) is 2.86. The molecule has 2 aromatic rings. The van der Waals surface area contributed by atoms with E-state index in [0.29, 0.717) is 12.3 Å². The zero-order chi connectivity index (χ0) is 13.7. The normalized spacial score (nSPS) is 10.6. The zero-order valence-electron chi connectivity index (χ0n) is 10.4. The Morgan fingerprint density at radius 3 is 2.95 bits per heavy atom. The lowest BCUT2D eigenvalue weighted by molar-refractivity contribution is 0.0927. The maximum Gasteiger partial charge on any atom is 0.287 e. The first kappa shape index (κ1) is 14.7. The topological polar surface area (TPSA) is 42.2 Å². The van der Waals surface area contributed by atoms with Crippen LogP contribution in [0.3, 0.4) is 0 Å². The van der Waals surface area contributed by atoms with Crippen LogP contribution in [-0.4, -0.2) is 18.2 Å². The van der Waals surface area contributed by atoms with Crippen LogP contribution >= 0.6 is 39.0 Å². The average molecular weight is 360 g/mol. The summed E-state index contributed by atoms with van der Waals surface area (Å²) < 4.78 is 6.29. The molecule has 2 aromatic heterocycles. The maximum absolute atomic E-state index is 11.7. The summed E-state index contributed by atoms with van der Waals surface area (Å²) in [6, 6.07) is 5.97. The fourth-order valence-electron chi connectivity index (χ4n) is 1.52. The van der Waals surface area contributed by atoms with Crippen LogP contribution < -0.4 is 5.32 Å². The molecular formula is C13H14BrNO2S2. The van der Waals surface area contributed by atoms with E-state index in [1.54, 1.807) is 17.4 Å². The number of aryl methyl sites for hydroxylation is 1. The Kier molecular flexibility index (Phi) is 5.54. The van der Waals surface area contributed by atoms with Gasteiger partial charge in [0.15, 0.2) is 5.76 Å². The Labute approximate surface area is 128 Å². The van der Waals surface area contributed by atoms with Crippen molar-refractivity contribution in [3.63, 3.8) is 0 Å². The molecule has 0 aliphatic carbocycles. The van der Waals surface area contributed by atoms with Crippen molar-refractivity contribution in [3.05, 3.63) is 44.4 Å². The minimum absolute atomic E-state index is 0.137. The summed E-state index contributed by atoms with van der Waals surface area (Å²) >= 11 is 7.00. The fraction of sp³-hybridized carbons (Fsp3) is 0.308. The first-order chi connectivity index (χ1) is 9.16. The predicted octanol–water partition coefficient (Wildman–Crippen LogP) is 4.08. The van der Waals surface area contributed by atoms with Crippen molar-refractivity contribution in [2.45, 2.75) is 12.7 Å². The number of rotatable bonds is 6. The number of thioether (sulfide) groups is 1. The molecule has 0 radical (unpaired) electrons. The fourth-order valence-corrected chi connectivity index (χ4v) is 3.98. The molecule has 0 atom stereocenters. The molecule has 0 saturated carbocycles. The minimum atomic E-state index is -0.137. The van der Waals surface area contributed by atoms with Crippen LogP contribution in [0.1, 0.15) is 21.0 Å². The summed E-state index contributed by atoms with van der Waals surface area (Å²) in [5.41, 5.74) is 0.869. The van der Waals surface area contributed by atoms with Gasteiger partial charge >= 0.3 is 0 Å². The summed E-state index contributed by atoms with van der Waals surface area (Å²) in [5.74, 6) is 2.14. The van der Waals surface area contributed by atoms with Crippen LogP contribution in [0.25, 0.3) is 0 Å². The van der Waals surface area contributed by atoms with Gasteiger partial charge in [-0.3, -0.25) is 4.79 Å². The van der Waals surface area contributed by atoms with Crippen LogP contribution in [0.4, 0.5) is 0 Å². The number of hydrogen-bond acceptors (Lipinski definition) is 4. The monoisotopic (exact) mass is 359 g/mol. The molecule has 0 fully saturated rings. The molecule has 102 valence electrons. The van der Waals surface area contributed by atoms with E-state index in [1.807, 2.05) is 18.7 Å². The van der Waals surface area contributed by atoms with Crippen molar-refractivity contribution in [2.75, 3.05) is 12.3 Å². The third kappa shape index (κ3) is 4.40. The second-order valence-electron chi connectivity index (χ2n) is 3.95. The molecule has 0 aliphatic heterocycles. The largest absolute Gasteiger partial charge is 0.459 e. The molecule has 3 nitrogen and oxygen atoms in total. The molecule has 6 heteroatoms. The standard InChI is InChI=1S/C13H14BrNO2S2/c1-9-4-6-17-12(9)13(16)15-5-7-18-8-10-2-3-11(14)19-10/h2-4,6H,5,7-8H2,1H3,(H,15,16). The second-order valence-corrected chi connectivity index (χ2v) is 7.60. The van der Waals surface area contributed by atoms with Crippen molar-refractivity contribution in [1.82, 2.24) is 5.32 Å². The van der Waals surface area contributed by atoms with E-state index in [4.69, 9.17) is 4.42 Å². The van der Waals surface area contributed by atoms with Gasteiger partial charge in [-0.15, -0.1) is 11.3 Å². The quantitative estimate of drug-likeness (QED) is 0.790. The Balaban J connectivity index is 1.64. The molecule has 0 saturated heterocycles. The van der Waals surface area contributed by atoms with Crippen LogP contribution in [0.5, 0.6) is 0 Å². The molecule has 19 heavy (non-hydrogen) atoms. The summed E-state index contributed by atoms with van der Waals surface area (Å²) in [4.78, 5) is 13.1. The van der Waals surface area contributed by atoms with E-state index in [-0.39, 0.29) is 5.91 Å². The van der Waals surface area contributed by atoms with Crippen LogP contribution in [0.2, 0.25) is 0 Å². The molecule has 1 amide bonds. The van der Waals surface area contributed by atoms with Crippen molar-refractivity contribution < 1.29 is 9.21 Å². The summed E-state index contributed by atoms with van der Waals surface area (Å²) in [6.07, 6.45) is 1.54. The van der Waals surface area contributed by atoms with E-state index < -0.39 is 0 Å². The van der Waals surface area contributed by atoms with Gasteiger partial charge in [0.25, 0.3) is 5.91 Å². The van der Waals surface area contributed by atoms with Gasteiger partial charge in [0.2, 0.25) is 0 Å². The van der Waals surface area contributed by atoms with Crippen molar-refractivity contribution in [2.24, 2.45) is 0 Å². The van der Waals surface area contributed by atoms with Gasteiger partial charge in [-0.25, -0.2) is 0 Å². The Morgan fingerprint density at radius 2 is 2.32 bits per heavy atom. The number of carbonyl (C=O) groups excluding carboxylic acids is 1. The predicted molar refractivity (Wildman–Crippen MR) is 84.0 cm³/mol. The van der Waals surface area contributed by atoms with Gasteiger partial charge in [-0.2, -0.15) is 11.8 Å². The molecule has 0 bridgehead atoms. The highest BCUT2D eigenvalue weighted by molar-refractivity contribution is 9.11. The maximum atomic E-state index is 11.7. The second kappa shape index (κ2) is 7.17. The highest BCUT2D eigenvalue weighted by atomic mass is 79.9. The SMILES string of the molecule is Cc1ccoc1C(=O)NCCSCc1ccc(Br)s1. The number of carbonyl (C=O) groups is 1. The van der Waals surface area contributed by atoms with E-state index in [1.165, 1.54) is 11.1 Å². The lowest BCUT2D eigenvalue weighted by atomic mass is 10.3. The van der Waals surface area contributed by atoms with Gasteiger partial charge in [-0.1, -0.05) is 0 Å². The number of thiophene rings is 1. The number of halogens is 1. The molecule has 0 unspecified atom stereocenters. The molecule has 0 aromatic carbocycles. The van der Waals surface area contributed by atoms with E-state index in [2.05, 4.69) is 33.4 Å². The van der Waals surface area contributed by atoms with Crippen molar-refractivity contribution in [3.8, 4) is 0 Å². The molecule has 1 N–H and O–H groups in total. The van der Waals surface area contributed by atoms with Gasteiger partial charge in [-0.05, 0) is 41.1 Å². The van der Waals surface area contributed by atoms with Crippen molar-refractivity contribution in [1.29, 1.82) is 0 Å². The van der Waals surface area contributed by atoms with E-state index >= 15 is 0 Å². The summed E-state index contributed by atoms with van der Waals surface area (Å²) in [6.45, 7) is 2.51. The van der Waals surface area contributed by atoms with Crippen LogP contribution in [0.15, 0.2) is 32.7 Å². The lowest BCUT2D eigenvalue weighted by Crippen LogP contribution is -2.25. The van der Waals surface area contributed by atoms with E-state index in [0.717, 1.165) is 20.9 Å². The molecule has 0 spiro atoms. The Bertz CT molecular complexity index is 550. The Hall–Kier alpha value is -0.720. The average Bonchev–Trinajstić information content (AvgIpc) is 2.97. The highest BCUT2D eigenvalue weighted by Gasteiger charge is 2.11. The first-order valence-electron chi connectivity index (χ1n) is 5.81. The molecule has 2 heterocycles. The molecule has 2 rings (SSSR count). The zero-order valence-corrected chi connectivity index (χ0v) is 13.7. The minimum Gasteiger partial charge on any atom is -0.459 e. The third-order valence-corrected chi connectivity index (χ3v) is 5.29. The first-order valence-corrected chi connectivity index (χ1v) is 8.57. The Morgan fingerprint density at radius 1 is 1.47 bits per heavy atom. The number of amides is 1. The number of nitrogens with one attached hydrogen (secondary N) is 1. The van der Waals surface area contributed by atoms with Gasteiger partial charge in [0, 0.05) is 28.5 Å². The lowest BCUT2D eigenvalue weighted by Gasteiger charge is -2.03. The van der Waals surface area contributed by atoms with Gasteiger partial charge < -0.3 is 9.73 Å². The summed E-state index contributed by atoms with van der Waals surface area (Å²) in [7, 11) is 0. The number of furan rings is 1. The van der Waals surface area contributed by atoms with Gasteiger partial charge in [0.05, 0.1) is 10.0 Å².